The summed E-state index contributed by atoms with van der Waals surface area (Å²) in [5, 5.41) is 16.3. The Morgan fingerprint density at radius 2 is 1.82 bits per heavy atom. The molecule has 1 N–H and O–H groups in total. The van der Waals surface area contributed by atoms with E-state index >= 15 is 0 Å². The largest absolute Gasteiger partial charge is 0.476 e. The molecule has 86 valence electrons. The fourth-order valence-corrected chi connectivity index (χ4v) is 1.51. The second kappa shape index (κ2) is 4.74. The first-order valence-electron chi connectivity index (χ1n) is 5.37. The summed E-state index contributed by atoms with van der Waals surface area (Å²) in [6.45, 7) is 2.09. The molecule has 0 aliphatic rings. The Kier molecular flexibility index (Phi) is 3.14. The van der Waals surface area contributed by atoms with Crippen LogP contribution in [0, 0.1) is 0 Å². The van der Waals surface area contributed by atoms with Gasteiger partial charge in [-0.2, -0.15) is 0 Å². The Labute approximate surface area is 98.9 Å². The summed E-state index contributed by atoms with van der Waals surface area (Å²) in [7, 11) is 0. The van der Waals surface area contributed by atoms with Gasteiger partial charge in [-0.05, 0) is 24.1 Å². The highest BCUT2D eigenvalue weighted by atomic mass is 16.4. The molecule has 0 amide bonds. The zero-order valence-electron chi connectivity index (χ0n) is 9.42. The van der Waals surface area contributed by atoms with Gasteiger partial charge in [-0.15, -0.1) is 10.2 Å². The lowest BCUT2D eigenvalue weighted by molar-refractivity contribution is 0.0689. The van der Waals surface area contributed by atoms with Crippen molar-refractivity contribution in [1.29, 1.82) is 0 Å². The number of carboxylic acids is 1. The maximum absolute atomic E-state index is 10.6. The minimum atomic E-state index is -1.06. The van der Waals surface area contributed by atoms with Crippen LogP contribution in [0.1, 0.15) is 23.0 Å². The number of aromatic carboxylic acids is 1. The van der Waals surface area contributed by atoms with E-state index in [0.29, 0.717) is 5.69 Å². The molecule has 1 aromatic heterocycles. The average molecular weight is 228 g/mol. The van der Waals surface area contributed by atoms with E-state index in [1.165, 1.54) is 11.6 Å². The zero-order valence-corrected chi connectivity index (χ0v) is 9.42. The van der Waals surface area contributed by atoms with Gasteiger partial charge in [-0.25, -0.2) is 4.79 Å². The lowest BCUT2D eigenvalue weighted by Crippen LogP contribution is -2.01. The third-order valence-corrected chi connectivity index (χ3v) is 2.54. The summed E-state index contributed by atoms with van der Waals surface area (Å²) in [4.78, 5) is 10.6. The molecule has 1 aromatic carbocycles. The summed E-state index contributed by atoms with van der Waals surface area (Å²) >= 11 is 0. The van der Waals surface area contributed by atoms with E-state index in [9.17, 15) is 4.79 Å². The smallest absolute Gasteiger partial charge is 0.356 e. The number of rotatable bonds is 3. The highest BCUT2D eigenvalue weighted by molar-refractivity contribution is 5.85. The van der Waals surface area contributed by atoms with E-state index in [2.05, 4.69) is 17.1 Å². The number of nitrogens with zero attached hydrogens (tertiary/aromatic N) is 2. The van der Waals surface area contributed by atoms with Gasteiger partial charge in [0.25, 0.3) is 0 Å². The van der Waals surface area contributed by atoms with Crippen LogP contribution in [-0.2, 0) is 6.42 Å². The second-order valence-corrected chi connectivity index (χ2v) is 3.66. The van der Waals surface area contributed by atoms with Crippen LogP contribution in [0.15, 0.2) is 36.4 Å². The molecular formula is C13H12N2O2. The summed E-state index contributed by atoms with van der Waals surface area (Å²) in [5.74, 6) is -1.06. The Morgan fingerprint density at radius 1 is 1.12 bits per heavy atom. The third kappa shape index (κ3) is 2.47. The first-order chi connectivity index (χ1) is 8.20. The molecule has 4 heteroatoms. The zero-order chi connectivity index (χ0) is 12.3. The summed E-state index contributed by atoms with van der Waals surface area (Å²) in [5.41, 5.74) is 2.83. The van der Waals surface area contributed by atoms with Crippen LogP contribution in [0.3, 0.4) is 0 Å². The van der Waals surface area contributed by atoms with Gasteiger partial charge in [-0.3, -0.25) is 0 Å². The average Bonchev–Trinajstić information content (AvgIpc) is 2.39. The van der Waals surface area contributed by atoms with Crippen molar-refractivity contribution in [3.63, 3.8) is 0 Å². The van der Waals surface area contributed by atoms with Gasteiger partial charge in [0.1, 0.15) is 0 Å². The Balaban J connectivity index is 2.29. The monoisotopic (exact) mass is 228 g/mol. The van der Waals surface area contributed by atoms with Crippen molar-refractivity contribution in [2.75, 3.05) is 0 Å². The van der Waals surface area contributed by atoms with E-state index < -0.39 is 5.97 Å². The van der Waals surface area contributed by atoms with Gasteiger partial charge in [-0.1, -0.05) is 31.2 Å². The molecule has 17 heavy (non-hydrogen) atoms. The predicted molar refractivity (Wildman–Crippen MR) is 63.8 cm³/mol. The Hall–Kier alpha value is -2.23. The van der Waals surface area contributed by atoms with E-state index in [1.807, 2.05) is 24.3 Å². The number of hydrogen-bond donors (Lipinski definition) is 1. The molecule has 0 aliphatic carbocycles. The standard InChI is InChI=1S/C13H12N2O2/c1-2-9-3-5-10(6-4-9)11-7-8-12(13(16)17)15-14-11/h3-8H,2H2,1H3,(H,16,17). The van der Waals surface area contributed by atoms with E-state index in [1.54, 1.807) is 6.07 Å². The second-order valence-electron chi connectivity index (χ2n) is 3.66. The summed E-state index contributed by atoms with van der Waals surface area (Å²) in [6, 6.07) is 11.1. The van der Waals surface area contributed by atoms with Crippen molar-refractivity contribution >= 4 is 5.97 Å². The first kappa shape index (κ1) is 11.3. The lowest BCUT2D eigenvalue weighted by Gasteiger charge is -2.01. The van der Waals surface area contributed by atoms with Crippen LogP contribution < -0.4 is 0 Å². The molecule has 0 aliphatic heterocycles. The highest BCUT2D eigenvalue weighted by Gasteiger charge is 2.06. The molecule has 0 saturated heterocycles. The number of carbonyl (C=O) groups is 1. The van der Waals surface area contributed by atoms with Gasteiger partial charge in [0.2, 0.25) is 0 Å². The molecule has 0 saturated carbocycles. The van der Waals surface area contributed by atoms with E-state index in [0.717, 1.165) is 12.0 Å². The maximum Gasteiger partial charge on any atom is 0.356 e. The molecule has 0 spiro atoms. The number of benzene rings is 1. The Morgan fingerprint density at radius 3 is 2.29 bits per heavy atom. The summed E-state index contributed by atoms with van der Waals surface area (Å²) < 4.78 is 0. The minimum Gasteiger partial charge on any atom is -0.476 e. The molecule has 0 unspecified atom stereocenters. The SMILES string of the molecule is CCc1ccc(-c2ccc(C(=O)O)nn2)cc1. The molecule has 2 aromatic rings. The van der Waals surface area contributed by atoms with Crippen LogP contribution >= 0.6 is 0 Å². The highest BCUT2D eigenvalue weighted by Crippen LogP contribution is 2.17. The van der Waals surface area contributed by atoms with Gasteiger partial charge in [0.05, 0.1) is 5.69 Å². The molecule has 2 rings (SSSR count). The molecule has 0 bridgehead atoms. The normalized spacial score (nSPS) is 10.2. The molecule has 0 fully saturated rings. The summed E-state index contributed by atoms with van der Waals surface area (Å²) in [6.07, 6.45) is 0.990. The number of aryl methyl sites for hydroxylation is 1. The predicted octanol–water partition coefficient (Wildman–Crippen LogP) is 2.40. The van der Waals surface area contributed by atoms with Crippen molar-refractivity contribution in [2.24, 2.45) is 0 Å². The fraction of sp³-hybridized carbons (Fsp3) is 0.154. The minimum absolute atomic E-state index is 0.0427. The van der Waals surface area contributed by atoms with Crippen LogP contribution in [0.25, 0.3) is 11.3 Å². The fourth-order valence-electron chi connectivity index (χ4n) is 1.51. The van der Waals surface area contributed by atoms with Crippen molar-refractivity contribution < 1.29 is 9.90 Å². The molecule has 1 heterocycles. The van der Waals surface area contributed by atoms with Crippen molar-refractivity contribution in [2.45, 2.75) is 13.3 Å². The van der Waals surface area contributed by atoms with Crippen molar-refractivity contribution in [3.05, 3.63) is 47.7 Å². The van der Waals surface area contributed by atoms with E-state index in [-0.39, 0.29) is 5.69 Å². The van der Waals surface area contributed by atoms with Crippen LogP contribution in [0.5, 0.6) is 0 Å². The number of hydrogen-bond acceptors (Lipinski definition) is 3. The molecule has 4 nitrogen and oxygen atoms in total. The maximum atomic E-state index is 10.6. The topological polar surface area (TPSA) is 63.1 Å². The van der Waals surface area contributed by atoms with Gasteiger partial charge < -0.3 is 5.11 Å². The van der Waals surface area contributed by atoms with Gasteiger partial charge in [0.15, 0.2) is 5.69 Å². The molecular weight excluding hydrogens is 216 g/mol. The molecule has 0 radical (unpaired) electrons. The Bertz CT molecular complexity index is 518. The number of aromatic nitrogens is 2. The van der Waals surface area contributed by atoms with Crippen molar-refractivity contribution in [1.82, 2.24) is 10.2 Å². The van der Waals surface area contributed by atoms with Gasteiger partial charge >= 0.3 is 5.97 Å². The van der Waals surface area contributed by atoms with Crippen LogP contribution in [0.4, 0.5) is 0 Å². The van der Waals surface area contributed by atoms with Gasteiger partial charge in [0, 0.05) is 5.56 Å². The quantitative estimate of drug-likeness (QED) is 0.876. The molecule has 0 atom stereocenters. The van der Waals surface area contributed by atoms with E-state index in [4.69, 9.17) is 5.11 Å². The lowest BCUT2D eigenvalue weighted by atomic mass is 10.1. The first-order valence-corrected chi connectivity index (χ1v) is 5.37. The van der Waals surface area contributed by atoms with Crippen molar-refractivity contribution in [3.8, 4) is 11.3 Å². The van der Waals surface area contributed by atoms with Crippen LogP contribution in [-0.4, -0.2) is 21.3 Å². The van der Waals surface area contributed by atoms with Crippen LogP contribution in [0.2, 0.25) is 0 Å². The third-order valence-electron chi connectivity index (χ3n) is 2.54. The number of carboxylic acid groups (broad SMARTS) is 1.